The summed E-state index contributed by atoms with van der Waals surface area (Å²) in [5, 5.41) is 10.9. The first-order valence-electron chi connectivity index (χ1n) is 8.10. The average Bonchev–Trinajstić information content (AvgIpc) is 3.04. The van der Waals surface area contributed by atoms with Crippen molar-refractivity contribution in [3.05, 3.63) is 45.6 Å². The van der Waals surface area contributed by atoms with Gasteiger partial charge in [-0.15, -0.1) is 10.2 Å². The highest BCUT2D eigenvalue weighted by atomic mass is 35.5. The maximum Gasteiger partial charge on any atom is 0.273 e. The van der Waals surface area contributed by atoms with Gasteiger partial charge in [0.25, 0.3) is 5.56 Å². The molecule has 134 valence electrons. The molecule has 10 heteroatoms. The molecule has 0 aromatic carbocycles. The summed E-state index contributed by atoms with van der Waals surface area (Å²) >= 11 is 5.74. The first-order chi connectivity index (χ1) is 12.6. The van der Waals surface area contributed by atoms with Gasteiger partial charge in [0.1, 0.15) is 0 Å². The molecule has 0 radical (unpaired) electrons. The van der Waals surface area contributed by atoms with Crippen LogP contribution in [0, 0.1) is 6.92 Å². The number of hydrogen-bond donors (Lipinski definition) is 1. The van der Waals surface area contributed by atoms with Crippen molar-refractivity contribution in [1.29, 1.82) is 0 Å². The van der Waals surface area contributed by atoms with E-state index < -0.39 is 0 Å². The third kappa shape index (κ3) is 3.18. The third-order valence-corrected chi connectivity index (χ3v) is 4.32. The van der Waals surface area contributed by atoms with Gasteiger partial charge in [0.05, 0.1) is 24.6 Å². The van der Waals surface area contributed by atoms with Gasteiger partial charge in [0.2, 0.25) is 5.95 Å². The smallest absolute Gasteiger partial charge is 0.273 e. The molecule has 3 aromatic heterocycles. The van der Waals surface area contributed by atoms with Gasteiger partial charge in [-0.1, -0.05) is 11.6 Å². The highest BCUT2D eigenvalue weighted by molar-refractivity contribution is 6.29. The standard InChI is InChI=1S/C16H16ClN7O2/c1-10-11(9-18-16(19-10)23-4-6-26-7-5-23)12-8-15(25)24(22-12)14-3-2-13(17)20-21-14/h2-3,8-9,22H,4-7H2,1H3. The van der Waals surface area contributed by atoms with Crippen LogP contribution < -0.4 is 10.5 Å². The molecule has 0 bridgehead atoms. The summed E-state index contributed by atoms with van der Waals surface area (Å²) in [6.07, 6.45) is 1.72. The third-order valence-electron chi connectivity index (χ3n) is 4.12. The van der Waals surface area contributed by atoms with Crippen LogP contribution in [0.1, 0.15) is 5.69 Å². The first-order valence-corrected chi connectivity index (χ1v) is 8.48. The number of rotatable bonds is 3. The number of anilines is 1. The van der Waals surface area contributed by atoms with Crippen molar-refractivity contribution in [2.24, 2.45) is 0 Å². The van der Waals surface area contributed by atoms with Crippen molar-refractivity contribution in [3.8, 4) is 17.1 Å². The van der Waals surface area contributed by atoms with Gasteiger partial charge >= 0.3 is 0 Å². The first kappa shape index (κ1) is 16.7. The van der Waals surface area contributed by atoms with Crippen molar-refractivity contribution >= 4 is 17.5 Å². The fraction of sp³-hybridized carbons (Fsp3) is 0.312. The molecule has 0 atom stereocenters. The topological polar surface area (TPSA) is 102 Å². The number of hydrogen-bond acceptors (Lipinski definition) is 7. The number of ether oxygens (including phenoxy) is 1. The van der Waals surface area contributed by atoms with Gasteiger partial charge < -0.3 is 9.64 Å². The quantitative estimate of drug-likeness (QED) is 0.736. The summed E-state index contributed by atoms with van der Waals surface area (Å²) in [4.78, 5) is 23.4. The Morgan fingerprint density at radius 3 is 2.73 bits per heavy atom. The minimum absolute atomic E-state index is 0.256. The lowest BCUT2D eigenvalue weighted by molar-refractivity contribution is 0.122. The van der Waals surface area contributed by atoms with Crippen LogP contribution in [0.3, 0.4) is 0 Å². The molecule has 4 heterocycles. The van der Waals surface area contributed by atoms with E-state index in [4.69, 9.17) is 16.3 Å². The summed E-state index contributed by atoms with van der Waals surface area (Å²) in [7, 11) is 0. The summed E-state index contributed by atoms with van der Waals surface area (Å²) < 4.78 is 6.65. The number of aryl methyl sites for hydroxylation is 1. The van der Waals surface area contributed by atoms with E-state index in [1.807, 2.05) is 6.92 Å². The highest BCUT2D eigenvalue weighted by Crippen LogP contribution is 2.21. The van der Waals surface area contributed by atoms with E-state index >= 15 is 0 Å². The van der Waals surface area contributed by atoms with Gasteiger partial charge in [-0.3, -0.25) is 9.89 Å². The highest BCUT2D eigenvalue weighted by Gasteiger charge is 2.17. The molecular formula is C16H16ClN7O2. The van der Waals surface area contributed by atoms with Crippen molar-refractivity contribution < 1.29 is 4.74 Å². The van der Waals surface area contributed by atoms with E-state index in [0.717, 1.165) is 24.3 Å². The summed E-state index contributed by atoms with van der Waals surface area (Å²) in [5.74, 6) is 1.02. The maximum absolute atomic E-state index is 12.3. The maximum atomic E-state index is 12.3. The monoisotopic (exact) mass is 373 g/mol. The van der Waals surface area contributed by atoms with Crippen molar-refractivity contribution in [2.75, 3.05) is 31.2 Å². The van der Waals surface area contributed by atoms with Gasteiger partial charge in [0.15, 0.2) is 11.0 Å². The second kappa shape index (κ2) is 6.85. The second-order valence-electron chi connectivity index (χ2n) is 5.83. The number of halogens is 1. The molecule has 0 aliphatic carbocycles. The minimum Gasteiger partial charge on any atom is -0.378 e. The number of nitrogens with zero attached hydrogens (tertiary/aromatic N) is 6. The molecule has 0 unspecified atom stereocenters. The molecule has 0 spiro atoms. The SMILES string of the molecule is Cc1nc(N2CCOCC2)ncc1-c1cc(=O)n(-c2ccc(Cl)nn2)[nH]1. The normalized spacial score (nSPS) is 14.6. The van der Waals surface area contributed by atoms with Crippen molar-refractivity contribution in [3.63, 3.8) is 0 Å². The van der Waals surface area contributed by atoms with Crippen LogP contribution in [0.15, 0.2) is 29.2 Å². The van der Waals surface area contributed by atoms with Crippen molar-refractivity contribution in [2.45, 2.75) is 6.92 Å². The molecule has 1 N–H and O–H groups in total. The van der Waals surface area contributed by atoms with E-state index in [1.165, 1.54) is 10.7 Å². The van der Waals surface area contributed by atoms with Crippen LogP contribution in [0.25, 0.3) is 17.1 Å². The zero-order chi connectivity index (χ0) is 18.1. The molecule has 9 nitrogen and oxygen atoms in total. The van der Waals surface area contributed by atoms with E-state index in [-0.39, 0.29) is 10.7 Å². The Labute approximate surface area is 153 Å². The van der Waals surface area contributed by atoms with E-state index in [2.05, 4.69) is 30.2 Å². The van der Waals surface area contributed by atoms with Crippen LogP contribution in [0.2, 0.25) is 5.15 Å². The van der Waals surface area contributed by atoms with Crippen LogP contribution in [-0.4, -0.2) is 56.2 Å². The van der Waals surface area contributed by atoms with Gasteiger partial charge in [-0.05, 0) is 19.1 Å². The lowest BCUT2D eigenvalue weighted by Crippen LogP contribution is -2.37. The van der Waals surface area contributed by atoms with Crippen LogP contribution in [0.5, 0.6) is 0 Å². The molecular weight excluding hydrogens is 358 g/mol. The van der Waals surface area contributed by atoms with Crippen LogP contribution >= 0.6 is 11.6 Å². The lowest BCUT2D eigenvalue weighted by atomic mass is 10.2. The average molecular weight is 374 g/mol. The predicted octanol–water partition coefficient (Wildman–Crippen LogP) is 1.21. The Kier molecular flexibility index (Phi) is 4.39. The molecule has 0 saturated carbocycles. The Hall–Kier alpha value is -2.78. The zero-order valence-corrected chi connectivity index (χ0v) is 14.8. The van der Waals surface area contributed by atoms with Gasteiger partial charge in [-0.25, -0.2) is 9.97 Å². The predicted molar refractivity (Wildman–Crippen MR) is 95.8 cm³/mol. The molecule has 3 aromatic rings. The summed E-state index contributed by atoms with van der Waals surface area (Å²) in [6.45, 7) is 4.76. The van der Waals surface area contributed by atoms with Gasteiger partial charge in [-0.2, -0.15) is 4.68 Å². The molecule has 26 heavy (non-hydrogen) atoms. The number of aromatic nitrogens is 6. The van der Waals surface area contributed by atoms with E-state index in [0.29, 0.717) is 30.7 Å². The zero-order valence-electron chi connectivity index (χ0n) is 14.0. The number of morpholine rings is 1. The molecule has 1 aliphatic rings. The van der Waals surface area contributed by atoms with E-state index in [1.54, 1.807) is 18.3 Å². The largest absolute Gasteiger partial charge is 0.378 e. The molecule has 4 rings (SSSR count). The van der Waals surface area contributed by atoms with Gasteiger partial charge in [0, 0.05) is 30.9 Å². The Balaban J connectivity index is 1.66. The molecule has 1 aliphatic heterocycles. The number of nitrogens with one attached hydrogen (secondary N) is 1. The number of H-pyrrole nitrogens is 1. The second-order valence-corrected chi connectivity index (χ2v) is 6.21. The Morgan fingerprint density at radius 2 is 2.04 bits per heavy atom. The van der Waals surface area contributed by atoms with Crippen LogP contribution in [0.4, 0.5) is 5.95 Å². The Bertz CT molecular complexity index is 977. The minimum atomic E-state index is -0.256. The summed E-state index contributed by atoms with van der Waals surface area (Å²) in [6, 6.07) is 4.67. The summed E-state index contributed by atoms with van der Waals surface area (Å²) in [5.41, 5.74) is 1.88. The fourth-order valence-corrected chi connectivity index (χ4v) is 2.87. The lowest BCUT2D eigenvalue weighted by Gasteiger charge is -2.27. The molecule has 1 saturated heterocycles. The van der Waals surface area contributed by atoms with E-state index in [9.17, 15) is 4.79 Å². The molecule has 1 fully saturated rings. The molecule has 0 amide bonds. The fourth-order valence-electron chi connectivity index (χ4n) is 2.77. The number of aromatic amines is 1. The van der Waals surface area contributed by atoms with Crippen LogP contribution in [-0.2, 0) is 4.74 Å². The van der Waals surface area contributed by atoms with Crippen molar-refractivity contribution in [1.82, 2.24) is 29.9 Å². The Morgan fingerprint density at radius 1 is 1.23 bits per heavy atom.